The fourth-order valence-corrected chi connectivity index (χ4v) is 3.44. The number of anilines is 1. The molecular formula is C26H25F2N3O4. The first kappa shape index (κ1) is 25.5. The molecule has 0 bridgehead atoms. The average Bonchev–Trinajstić information content (AvgIpc) is 2.78. The van der Waals surface area contributed by atoms with Crippen LogP contribution >= 0.6 is 0 Å². The molecule has 0 aliphatic rings. The van der Waals surface area contributed by atoms with E-state index in [-0.39, 0.29) is 29.7 Å². The summed E-state index contributed by atoms with van der Waals surface area (Å²) < 4.78 is 35.5. The smallest absolute Gasteiger partial charge is 0.412 e. The van der Waals surface area contributed by atoms with E-state index in [1.165, 1.54) is 36.5 Å². The monoisotopic (exact) mass is 481 g/mol. The van der Waals surface area contributed by atoms with Gasteiger partial charge in [-0.1, -0.05) is 24.3 Å². The van der Waals surface area contributed by atoms with Gasteiger partial charge in [0.25, 0.3) is 0 Å². The van der Waals surface area contributed by atoms with Crippen molar-refractivity contribution >= 4 is 23.5 Å². The van der Waals surface area contributed by atoms with Crippen molar-refractivity contribution in [3.63, 3.8) is 0 Å². The van der Waals surface area contributed by atoms with E-state index in [1.807, 2.05) is 0 Å². The highest BCUT2D eigenvalue weighted by molar-refractivity contribution is 6.14. The summed E-state index contributed by atoms with van der Waals surface area (Å²) in [5, 5.41) is 2.30. The summed E-state index contributed by atoms with van der Waals surface area (Å²) in [4.78, 5) is 41.2. The molecule has 35 heavy (non-hydrogen) atoms. The Morgan fingerprint density at radius 1 is 1.00 bits per heavy atom. The van der Waals surface area contributed by atoms with Gasteiger partial charge < -0.3 is 10.5 Å². The van der Waals surface area contributed by atoms with E-state index >= 15 is 4.39 Å². The molecule has 7 nitrogen and oxygen atoms in total. The lowest BCUT2D eigenvalue weighted by atomic mass is 9.91. The van der Waals surface area contributed by atoms with E-state index in [9.17, 15) is 18.8 Å². The van der Waals surface area contributed by atoms with Gasteiger partial charge in [0.1, 0.15) is 11.4 Å². The van der Waals surface area contributed by atoms with Crippen LogP contribution in [-0.2, 0) is 16.0 Å². The zero-order valence-electron chi connectivity index (χ0n) is 19.5. The highest BCUT2D eigenvalue weighted by Gasteiger charge is 2.27. The Morgan fingerprint density at radius 2 is 1.71 bits per heavy atom. The lowest BCUT2D eigenvalue weighted by Gasteiger charge is -2.21. The summed E-state index contributed by atoms with van der Waals surface area (Å²) in [5.74, 6) is -3.36. The number of hydrogen-bond donors (Lipinski definition) is 2. The first-order valence-electron chi connectivity index (χ1n) is 10.8. The molecule has 0 atom stereocenters. The molecule has 0 radical (unpaired) electrons. The molecule has 0 aliphatic heterocycles. The maximum absolute atomic E-state index is 15.8. The number of amides is 2. The van der Waals surface area contributed by atoms with Crippen molar-refractivity contribution in [2.75, 3.05) is 5.32 Å². The molecule has 0 aliphatic carbocycles. The highest BCUT2D eigenvalue weighted by Crippen LogP contribution is 2.34. The number of ketones is 1. The number of rotatable bonds is 7. The summed E-state index contributed by atoms with van der Waals surface area (Å²) in [7, 11) is 0. The van der Waals surface area contributed by atoms with Crippen LogP contribution in [0.3, 0.4) is 0 Å². The third-order valence-electron chi connectivity index (χ3n) is 4.91. The third-order valence-corrected chi connectivity index (χ3v) is 4.91. The Balaban J connectivity index is 2.17. The fourth-order valence-electron chi connectivity index (χ4n) is 3.44. The second kappa shape index (κ2) is 10.4. The van der Waals surface area contributed by atoms with Crippen LogP contribution in [0.15, 0.2) is 54.7 Å². The molecule has 3 rings (SSSR count). The Bertz CT molecular complexity index is 1290. The lowest BCUT2D eigenvalue weighted by Crippen LogP contribution is -2.27. The Kier molecular flexibility index (Phi) is 7.58. The minimum Gasteiger partial charge on any atom is -0.444 e. The summed E-state index contributed by atoms with van der Waals surface area (Å²) >= 11 is 0. The standard InChI is InChI=1S/C26H25F2N3O4/c1-26(2,3)35-25(34)31-20-11-10-16(15-8-6-14-30-19(15)12-13-21(29)32)22(23(20)28)24(33)17-7-4-5-9-18(17)27/h4-11,14H,12-13H2,1-3H3,(H2,29,32)(H,31,34). The predicted molar refractivity (Wildman–Crippen MR) is 127 cm³/mol. The van der Waals surface area contributed by atoms with E-state index in [1.54, 1.807) is 32.9 Å². The van der Waals surface area contributed by atoms with E-state index in [0.29, 0.717) is 11.3 Å². The first-order chi connectivity index (χ1) is 16.5. The van der Waals surface area contributed by atoms with Crippen LogP contribution in [0, 0.1) is 11.6 Å². The van der Waals surface area contributed by atoms with E-state index in [0.717, 1.165) is 6.07 Å². The zero-order valence-corrected chi connectivity index (χ0v) is 19.5. The highest BCUT2D eigenvalue weighted by atomic mass is 19.1. The van der Waals surface area contributed by atoms with Gasteiger partial charge in [0.2, 0.25) is 5.91 Å². The van der Waals surface area contributed by atoms with Gasteiger partial charge >= 0.3 is 6.09 Å². The van der Waals surface area contributed by atoms with Crippen molar-refractivity contribution in [3.05, 3.63) is 83.2 Å². The topological polar surface area (TPSA) is 111 Å². The number of primary amides is 1. The number of nitrogens with one attached hydrogen (secondary N) is 1. The van der Waals surface area contributed by atoms with Crippen molar-refractivity contribution < 1.29 is 27.9 Å². The summed E-state index contributed by atoms with van der Waals surface area (Å²) in [5.41, 5.74) is 4.20. The van der Waals surface area contributed by atoms with E-state index < -0.39 is 40.6 Å². The Morgan fingerprint density at radius 3 is 2.37 bits per heavy atom. The fraction of sp³-hybridized carbons (Fsp3) is 0.231. The average molecular weight is 481 g/mol. The van der Waals surface area contributed by atoms with Crippen LogP contribution in [0.4, 0.5) is 19.3 Å². The van der Waals surface area contributed by atoms with Gasteiger partial charge in [-0.2, -0.15) is 0 Å². The van der Waals surface area contributed by atoms with Crippen molar-refractivity contribution in [2.24, 2.45) is 5.73 Å². The number of halogens is 2. The summed E-state index contributed by atoms with van der Waals surface area (Å²) in [6.45, 7) is 4.94. The number of hydrogen-bond acceptors (Lipinski definition) is 5. The van der Waals surface area contributed by atoms with Gasteiger partial charge in [0.15, 0.2) is 11.6 Å². The van der Waals surface area contributed by atoms with Crippen molar-refractivity contribution in [1.82, 2.24) is 4.98 Å². The van der Waals surface area contributed by atoms with Crippen LogP contribution in [-0.4, -0.2) is 28.4 Å². The molecule has 0 saturated carbocycles. The second-order valence-electron chi connectivity index (χ2n) is 8.75. The van der Waals surface area contributed by atoms with Gasteiger partial charge in [-0.3, -0.25) is 19.9 Å². The lowest BCUT2D eigenvalue weighted by molar-refractivity contribution is -0.118. The van der Waals surface area contributed by atoms with Gasteiger partial charge in [-0.05, 0) is 57.0 Å². The molecular weight excluding hydrogens is 456 g/mol. The molecule has 9 heteroatoms. The second-order valence-corrected chi connectivity index (χ2v) is 8.75. The van der Waals surface area contributed by atoms with Crippen LogP contribution < -0.4 is 11.1 Å². The number of aryl methyl sites for hydroxylation is 1. The normalized spacial score (nSPS) is 11.1. The Hall–Kier alpha value is -4.14. The van der Waals surface area contributed by atoms with Crippen LogP contribution in [0.5, 0.6) is 0 Å². The number of carbonyl (C=O) groups is 3. The van der Waals surface area contributed by atoms with Gasteiger partial charge in [0.05, 0.1) is 16.8 Å². The molecule has 3 N–H and O–H groups in total. The SMILES string of the molecule is CC(C)(C)OC(=O)Nc1ccc(-c2cccnc2CCC(N)=O)c(C(=O)c2ccccc2F)c1F. The molecule has 1 heterocycles. The molecule has 1 aromatic heterocycles. The molecule has 182 valence electrons. The number of pyridine rings is 1. The molecule has 0 saturated heterocycles. The number of nitrogens with zero attached hydrogens (tertiary/aromatic N) is 1. The number of aromatic nitrogens is 1. The van der Waals surface area contributed by atoms with E-state index in [4.69, 9.17) is 10.5 Å². The molecule has 0 spiro atoms. The number of ether oxygens (including phenoxy) is 1. The number of nitrogens with two attached hydrogens (primary N) is 1. The van der Waals surface area contributed by atoms with Gasteiger partial charge in [-0.15, -0.1) is 0 Å². The Labute approximate surface area is 201 Å². The van der Waals surface area contributed by atoms with Gasteiger partial charge in [-0.25, -0.2) is 13.6 Å². The van der Waals surface area contributed by atoms with E-state index in [2.05, 4.69) is 10.3 Å². The minimum absolute atomic E-state index is 0.0125. The van der Waals surface area contributed by atoms with Crippen LogP contribution in [0.25, 0.3) is 11.1 Å². The maximum Gasteiger partial charge on any atom is 0.412 e. The number of carbonyl (C=O) groups excluding carboxylic acids is 3. The predicted octanol–water partition coefficient (Wildman–Crippen LogP) is 5.02. The van der Waals surface area contributed by atoms with Crippen LogP contribution in [0.2, 0.25) is 0 Å². The summed E-state index contributed by atoms with van der Waals surface area (Å²) in [6, 6.07) is 11.1. The van der Waals surface area contributed by atoms with Crippen LogP contribution in [0.1, 0.15) is 48.8 Å². The van der Waals surface area contributed by atoms with Gasteiger partial charge in [0, 0.05) is 23.9 Å². The first-order valence-corrected chi connectivity index (χ1v) is 10.8. The van der Waals surface area contributed by atoms with Crippen molar-refractivity contribution in [1.29, 1.82) is 0 Å². The minimum atomic E-state index is -1.06. The largest absolute Gasteiger partial charge is 0.444 e. The van der Waals surface area contributed by atoms with Crippen molar-refractivity contribution in [3.8, 4) is 11.1 Å². The summed E-state index contributed by atoms with van der Waals surface area (Å²) in [6.07, 6.45) is 0.712. The molecule has 2 amide bonds. The zero-order chi connectivity index (χ0) is 25.8. The number of benzene rings is 2. The maximum atomic E-state index is 15.8. The quantitative estimate of drug-likeness (QED) is 0.460. The molecule has 0 fully saturated rings. The third kappa shape index (κ3) is 6.26. The molecule has 2 aromatic carbocycles. The molecule has 3 aromatic rings. The van der Waals surface area contributed by atoms with Crippen molar-refractivity contribution in [2.45, 2.75) is 39.2 Å². The molecule has 0 unspecified atom stereocenters.